The molecule has 8 heteroatoms. The summed E-state index contributed by atoms with van der Waals surface area (Å²) in [6.07, 6.45) is 9.61. The van der Waals surface area contributed by atoms with Gasteiger partial charge in [0.25, 0.3) is 10.0 Å². The quantitative estimate of drug-likeness (QED) is 0.380. The number of esters is 1. The smallest absolute Gasteiger partial charge is 0.341 e. The second-order valence-corrected chi connectivity index (χ2v) is 12.6. The fourth-order valence-corrected chi connectivity index (χ4v) is 8.26. The van der Waals surface area contributed by atoms with E-state index in [0.717, 1.165) is 17.8 Å². The minimum absolute atomic E-state index is 0.150. The topological polar surface area (TPSA) is 97.4 Å². The van der Waals surface area contributed by atoms with Crippen LogP contribution in [0.3, 0.4) is 0 Å². The third-order valence-electron chi connectivity index (χ3n) is 8.43. The van der Waals surface area contributed by atoms with E-state index in [0.29, 0.717) is 22.8 Å². The van der Waals surface area contributed by atoms with Crippen LogP contribution in [0.2, 0.25) is 0 Å². The Morgan fingerprint density at radius 1 is 0.892 bits per heavy atom. The van der Waals surface area contributed by atoms with Crippen molar-refractivity contribution in [2.45, 2.75) is 48.8 Å². The fourth-order valence-electron chi connectivity index (χ4n) is 7.20. The zero-order chi connectivity index (χ0) is 25.6. The number of methoxy groups -OCH3 is 1. The van der Waals surface area contributed by atoms with Gasteiger partial charge in [-0.3, -0.25) is 4.72 Å². The number of nitrogens with one attached hydrogen (secondary N) is 2. The van der Waals surface area contributed by atoms with Gasteiger partial charge in [0.15, 0.2) is 0 Å². The van der Waals surface area contributed by atoms with Crippen LogP contribution in [0.25, 0.3) is 0 Å². The standard InChI is InChI=1S/C29H31N3O4S/c1-36-28(33)26-3-2-12-30-27(26)31-23-8-10-25(11-9-23)37(34,35)32-24-6-4-22(5-7-24)29-16-19-13-20(17-29)15-21(14-19)18-29/h2-12,19-21,32H,13-18H2,1H3,(H,30,31). The molecule has 4 saturated carbocycles. The summed E-state index contributed by atoms with van der Waals surface area (Å²) in [5.41, 5.74) is 3.11. The first-order chi connectivity index (χ1) is 17.8. The van der Waals surface area contributed by atoms with E-state index in [1.165, 1.54) is 63.3 Å². The van der Waals surface area contributed by atoms with Crippen molar-refractivity contribution in [2.75, 3.05) is 17.1 Å². The lowest BCUT2D eigenvalue weighted by atomic mass is 9.48. The Morgan fingerprint density at radius 2 is 1.49 bits per heavy atom. The number of carbonyl (C=O) groups is 1. The highest BCUT2D eigenvalue weighted by Gasteiger charge is 2.51. The number of anilines is 3. The third-order valence-corrected chi connectivity index (χ3v) is 9.83. The van der Waals surface area contributed by atoms with Gasteiger partial charge in [0, 0.05) is 17.6 Å². The molecule has 3 aromatic rings. The molecule has 0 saturated heterocycles. The maximum absolute atomic E-state index is 13.1. The molecule has 4 fully saturated rings. The number of pyridine rings is 1. The molecule has 192 valence electrons. The van der Waals surface area contributed by atoms with Crippen molar-refractivity contribution < 1.29 is 17.9 Å². The summed E-state index contributed by atoms with van der Waals surface area (Å²) < 4.78 is 33.6. The van der Waals surface area contributed by atoms with Gasteiger partial charge in [0.1, 0.15) is 11.4 Å². The summed E-state index contributed by atoms with van der Waals surface area (Å²) in [6.45, 7) is 0. The largest absolute Gasteiger partial charge is 0.465 e. The summed E-state index contributed by atoms with van der Waals surface area (Å²) in [5.74, 6) is 2.43. The number of aromatic nitrogens is 1. The van der Waals surface area contributed by atoms with Crippen LogP contribution in [0.5, 0.6) is 0 Å². The Hall–Kier alpha value is -3.39. The van der Waals surface area contributed by atoms with Crippen LogP contribution >= 0.6 is 0 Å². The lowest BCUT2D eigenvalue weighted by Gasteiger charge is -2.57. The Balaban J connectivity index is 1.15. The highest BCUT2D eigenvalue weighted by atomic mass is 32.2. The summed E-state index contributed by atoms with van der Waals surface area (Å²) in [7, 11) is -2.45. The lowest BCUT2D eigenvalue weighted by molar-refractivity contribution is -0.00518. The number of hydrogen-bond acceptors (Lipinski definition) is 6. The van der Waals surface area contributed by atoms with Crippen molar-refractivity contribution in [1.29, 1.82) is 0 Å². The molecule has 4 aliphatic carbocycles. The minimum atomic E-state index is -3.75. The highest BCUT2D eigenvalue weighted by molar-refractivity contribution is 7.92. The summed E-state index contributed by atoms with van der Waals surface area (Å²) >= 11 is 0. The number of carbonyl (C=O) groups excluding carboxylic acids is 1. The molecule has 0 radical (unpaired) electrons. The van der Waals surface area contributed by atoms with Crippen LogP contribution in [-0.2, 0) is 20.2 Å². The van der Waals surface area contributed by atoms with Gasteiger partial charge in [0.05, 0.1) is 12.0 Å². The molecule has 4 bridgehead atoms. The molecule has 1 aromatic heterocycles. The first-order valence-electron chi connectivity index (χ1n) is 12.9. The van der Waals surface area contributed by atoms with Crippen molar-refractivity contribution in [2.24, 2.45) is 17.8 Å². The predicted molar refractivity (Wildman–Crippen MR) is 142 cm³/mol. The maximum atomic E-state index is 13.1. The fraction of sp³-hybridized carbons (Fsp3) is 0.379. The molecule has 2 aromatic carbocycles. The Labute approximate surface area is 217 Å². The van der Waals surface area contributed by atoms with Gasteiger partial charge in [-0.05, 0) is 116 Å². The SMILES string of the molecule is COC(=O)c1cccnc1Nc1ccc(S(=O)(=O)Nc2ccc(C34CC5CC(CC(C5)C3)C4)cc2)cc1. The van der Waals surface area contributed by atoms with E-state index < -0.39 is 16.0 Å². The van der Waals surface area contributed by atoms with Gasteiger partial charge < -0.3 is 10.1 Å². The Kier molecular flexibility index (Phi) is 5.94. The van der Waals surface area contributed by atoms with Crippen LogP contribution in [0.4, 0.5) is 17.2 Å². The average Bonchev–Trinajstić information content (AvgIpc) is 2.88. The monoisotopic (exact) mass is 517 g/mol. The van der Waals surface area contributed by atoms with Crippen LogP contribution in [-0.4, -0.2) is 26.5 Å². The second kappa shape index (κ2) is 9.17. The van der Waals surface area contributed by atoms with Gasteiger partial charge in [-0.1, -0.05) is 12.1 Å². The number of sulfonamides is 1. The molecule has 1 heterocycles. The molecule has 0 spiro atoms. The number of rotatable bonds is 7. The third kappa shape index (κ3) is 4.59. The van der Waals surface area contributed by atoms with Crippen molar-refractivity contribution >= 4 is 33.2 Å². The van der Waals surface area contributed by atoms with E-state index in [4.69, 9.17) is 4.74 Å². The zero-order valence-electron chi connectivity index (χ0n) is 20.8. The zero-order valence-corrected chi connectivity index (χ0v) is 21.6. The number of benzene rings is 2. The number of nitrogens with zero attached hydrogens (tertiary/aromatic N) is 1. The van der Waals surface area contributed by atoms with Gasteiger partial charge in [-0.25, -0.2) is 18.2 Å². The number of hydrogen-bond donors (Lipinski definition) is 2. The van der Waals surface area contributed by atoms with Crippen molar-refractivity contribution in [3.63, 3.8) is 0 Å². The van der Waals surface area contributed by atoms with Crippen LogP contribution in [0, 0.1) is 17.8 Å². The minimum Gasteiger partial charge on any atom is -0.465 e. The molecular formula is C29H31N3O4S. The van der Waals surface area contributed by atoms with E-state index in [1.807, 2.05) is 12.1 Å². The second-order valence-electron chi connectivity index (χ2n) is 10.9. The molecule has 4 aliphatic rings. The van der Waals surface area contributed by atoms with E-state index in [1.54, 1.807) is 30.5 Å². The molecule has 0 unspecified atom stereocenters. The predicted octanol–water partition coefficient (Wildman–Crippen LogP) is 5.88. The molecule has 0 atom stereocenters. The molecule has 0 amide bonds. The summed E-state index contributed by atoms with van der Waals surface area (Å²) in [4.78, 5) is 16.3. The average molecular weight is 518 g/mol. The van der Waals surface area contributed by atoms with E-state index in [9.17, 15) is 13.2 Å². The highest BCUT2D eigenvalue weighted by Crippen LogP contribution is 2.60. The van der Waals surface area contributed by atoms with Crippen LogP contribution < -0.4 is 10.0 Å². The first kappa shape index (κ1) is 24.0. The van der Waals surface area contributed by atoms with Crippen LogP contribution in [0.1, 0.15) is 54.4 Å². The van der Waals surface area contributed by atoms with Gasteiger partial charge in [-0.15, -0.1) is 0 Å². The van der Waals surface area contributed by atoms with Crippen LogP contribution in [0.15, 0.2) is 71.8 Å². The van der Waals surface area contributed by atoms with Gasteiger partial charge >= 0.3 is 5.97 Å². The van der Waals surface area contributed by atoms with E-state index in [2.05, 4.69) is 27.2 Å². The van der Waals surface area contributed by atoms with Crippen molar-refractivity contribution in [3.05, 3.63) is 78.0 Å². The van der Waals surface area contributed by atoms with E-state index >= 15 is 0 Å². The van der Waals surface area contributed by atoms with Crippen molar-refractivity contribution in [1.82, 2.24) is 4.98 Å². The van der Waals surface area contributed by atoms with Gasteiger partial charge in [-0.2, -0.15) is 0 Å². The molecule has 37 heavy (non-hydrogen) atoms. The first-order valence-corrected chi connectivity index (χ1v) is 14.4. The van der Waals surface area contributed by atoms with Gasteiger partial charge in [0.2, 0.25) is 0 Å². The molecule has 0 aliphatic heterocycles. The Morgan fingerprint density at radius 3 is 2.08 bits per heavy atom. The molecule has 2 N–H and O–H groups in total. The van der Waals surface area contributed by atoms with Crippen molar-refractivity contribution in [3.8, 4) is 0 Å². The Bertz CT molecular complexity index is 1380. The normalized spacial score (nSPS) is 26.0. The molecule has 7 rings (SSSR count). The van der Waals surface area contributed by atoms with E-state index in [-0.39, 0.29) is 10.3 Å². The lowest BCUT2D eigenvalue weighted by Crippen LogP contribution is -2.48. The number of ether oxygens (including phenoxy) is 1. The summed E-state index contributed by atoms with van der Waals surface area (Å²) in [6, 6.07) is 17.6. The molecular weight excluding hydrogens is 486 g/mol. The maximum Gasteiger partial charge on any atom is 0.341 e. The summed E-state index contributed by atoms with van der Waals surface area (Å²) in [5, 5.41) is 3.05. The molecule has 7 nitrogen and oxygen atoms in total.